The third kappa shape index (κ3) is 2.92. The molecule has 0 aliphatic carbocycles. The van der Waals surface area contributed by atoms with Crippen molar-refractivity contribution in [3.05, 3.63) is 45.7 Å². The minimum atomic E-state index is -0.543. The Bertz CT molecular complexity index is 524. The first kappa shape index (κ1) is 12.3. The minimum absolute atomic E-state index is 0.481. The van der Waals surface area contributed by atoms with Gasteiger partial charge in [-0.25, -0.2) is 0 Å². The van der Waals surface area contributed by atoms with Crippen molar-refractivity contribution in [1.29, 1.82) is 0 Å². The van der Waals surface area contributed by atoms with Crippen molar-refractivity contribution >= 4 is 15.9 Å². The minimum Gasteiger partial charge on any atom is -0.388 e. The number of benzene rings is 1. The maximum atomic E-state index is 10.1. The fourth-order valence-electron chi connectivity index (χ4n) is 1.68. The standard InChI is InChI=1S/C12H14BrN3O/c1-8-5-9(3-4-11(8)13)12(17)6-10-7-16(2)15-14-10/h3-5,7,12,17H,6H2,1-2H3. The van der Waals surface area contributed by atoms with Gasteiger partial charge in [0.05, 0.1) is 11.8 Å². The molecule has 1 atom stereocenters. The van der Waals surface area contributed by atoms with Crippen molar-refractivity contribution in [1.82, 2.24) is 15.0 Å². The zero-order chi connectivity index (χ0) is 12.4. The predicted octanol–water partition coefficient (Wildman–Crippen LogP) is 2.16. The summed E-state index contributed by atoms with van der Waals surface area (Å²) >= 11 is 3.44. The molecule has 2 rings (SSSR count). The normalized spacial score (nSPS) is 12.7. The van der Waals surface area contributed by atoms with Crippen molar-refractivity contribution in [3.63, 3.8) is 0 Å². The third-order valence-electron chi connectivity index (χ3n) is 2.62. The van der Waals surface area contributed by atoms with Gasteiger partial charge < -0.3 is 5.11 Å². The largest absolute Gasteiger partial charge is 0.388 e. The van der Waals surface area contributed by atoms with Gasteiger partial charge in [0.15, 0.2) is 0 Å². The Labute approximate surface area is 108 Å². The topological polar surface area (TPSA) is 50.9 Å². The van der Waals surface area contributed by atoms with E-state index in [9.17, 15) is 5.11 Å². The molecule has 1 aromatic heterocycles. The highest BCUT2D eigenvalue weighted by Gasteiger charge is 2.11. The van der Waals surface area contributed by atoms with Gasteiger partial charge in [-0.05, 0) is 24.1 Å². The summed E-state index contributed by atoms with van der Waals surface area (Å²) in [7, 11) is 1.81. The quantitative estimate of drug-likeness (QED) is 0.944. The van der Waals surface area contributed by atoms with Crippen LogP contribution in [0, 0.1) is 6.92 Å². The Balaban J connectivity index is 2.14. The highest BCUT2D eigenvalue weighted by Crippen LogP contribution is 2.23. The third-order valence-corrected chi connectivity index (χ3v) is 3.51. The van der Waals surface area contributed by atoms with Crippen molar-refractivity contribution in [3.8, 4) is 0 Å². The van der Waals surface area contributed by atoms with Crippen molar-refractivity contribution < 1.29 is 5.11 Å². The van der Waals surface area contributed by atoms with Gasteiger partial charge in [0.25, 0.3) is 0 Å². The van der Waals surface area contributed by atoms with E-state index >= 15 is 0 Å². The highest BCUT2D eigenvalue weighted by atomic mass is 79.9. The molecule has 0 spiro atoms. The van der Waals surface area contributed by atoms with Gasteiger partial charge >= 0.3 is 0 Å². The van der Waals surface area contributed by atoms with E-state index in [-0.39, 0.29) is 0 Å². The van der Waals surface area contributed by atoms with E-state index in [1.807, 2.05) is 38.4 Å². The maximum absolute atomic E-state index is 10.1. The fraction of sp³-hybridized carbons (Fsp3) is 0.333. The number of hydrogen-bond acceptors (Lipinski definition) is 3. The van der Waals surface area contributed by atoms with Gasteiger partial charge in [0, 0.05) is 24.1 Å². The first-order valence-electron chi connectivity index (χ1n) is 5.35. The van der Waals surface area contributed by atoms with Crippen LogP contribution in [-0.2, 0) is 13.5 Å². The van der Waals surface area contributed by atoms with Crippen LogP contribution < -0.4 is 0 Å². The number of aliphatic hydroxyl groups excluding tert-OH is 1. The van der Waals surface area contributed by atoms with Gasteiger partial charge in [-0.2, -0.15) is 0 Å². The molecule has 0 radical (unpaired) electrons. The summed E-state index contributed by atoms with van der Waals surface area (Å²) in [6.07, 6.45) is 1.75. The first-order chi connectivity index (χ1) is 8.06. The Morgan fingerprint density at radius 2 is 2.24 bits per heavy atom. The summed E-state index contributed by atoms with van der Waals surface area (Å²) in [5, 5.41) is 17.9. The number of rotatable bonds is 3. The van der Waals surface area contributed by atoms with Gasteiger partial charge in [-0.3, -0.25) is 4.68 Å². The summed E-state index contributed by atoms with van der Waals surface area (Å²) in [6, 6.07) is 5.84. The molecule has 17 heavy (non-hydrogen) atoms. The SMILES string of the molecule is Cc1cc(C(O)Cc2cn(C)nn2)ccc1Br. The average molecular weight is 296 g/mol. The smallest absolute Gasteiger partial charge is 0.0856 e. The molecule has 5 heteroatoms. The molecule has 2 aromatic rings. The van der Waals surface area contributed by atoms with Gasteiger partial charge in [0.1, 0.15) is 0 Å². The second-order valence-corrected chi connectivity index (χ2v) is 4.97. The van der Waals surface area contributed by atoms with Crippen molar-refractivity contribution in [2.24, 2.45) is 7.05 Å². The summed E-state index contributed by atoms with van der Waals surface area (Å²) in [5.74, 6) is 0. The second-order valence-electron chi connectivity index (χ2n) is 4.11. The lowest BCUT2D eigenvalue weighted by Gasteiger charge is -2.10. The van der Waals surface area contributed by atoms with Crippen LogP contribution in [0.2, 0.25) is 0 Å². The zero-order valence-electron chi connectivity index (χ0n) is 9.76. The Morgan fingerprint density at radius 3 is 2.82 bits per heavy atom. The molecule has 0 saturated heterocycles. The molecule has 90 valence electrons. The Kier molecular flexibility index (Phi) is 3.59. The number of hydrogen-bond donors (Lipinski definition) is 1. The molecule has 0 aliphatic heterocycles. The molecular formula is C12H14BrN3O. The summed E-state index contributed by atoms with van der Waals surface area (Å²) in [5.41, 5.74) is 2.80. The lowest BCUT2D eigenvalue weighted by Crippen LogP contribution is -2.02. The van der Waals surface area contributed by atoms with Crippen LogP contribution in [0.5, 0.6) is 0 Å². The molecule has 4 nitrogen and oxygen atoms in total. The lowest BCUT2D eigenvalue weighted by atomic mass is 10.0. The molecule has 1 heterocycles. The monoisotopic (exact) mass is 295 g/mol. The van der Waals surface area contributed by atoms with Gasteiger partial charge in [-0.15, -0.1) is 5.10 Å². The van der Waals surface area contributed by atoms with E-state index in [2.05, 4.69) is 26.2 Å². The van der Waals surface area contributed by atoms with Crippen LogP contribution in [0.4, 0.5) is 0 Å². The highest BCUT2D eigenvalue weighted by molar-refractivity contribution is 9.10. The number of halogens is 1. The predicted molar refractivity (Wildman–Crippen MR) is 68.5 cm³/mol. The van der Waals surface area contributed by atoms with Crippen LogP contribution >= 0.6 is 15.9 Å². The summed E-state index contributed by atoms with van der Waals surface area (Å²) in [6.45, 7) is 2.00. The molecule has 1 unspecified atom stereocenters. The van der Waals surface area contributed by atoms with Crippen LogP contribution in [0.3, 0.4) is 0 Å². The lowest BCUT2D eigenvalue weighted by molar-refractivity contribution is 0.177. The molecule has 1 N–H and O–H groups in total. The van der Waals surface area contributed by atoms with E-state index in [1.165, 1.54) is 0 Å². The molecule has 0 fully saturated rings. The van der Waals surface area contributed by atoms with Crippen molar-refractivity contribution in [2.75, 3.05) is 0 Å². The summed E-state index contributed by atoms with van der Waals surface area (Å²) < 4.78 is 2.68. The van der Waals surface area contributed by atoms with Gasteiger partial charge in [-0.1, -0.05) is 33.3 Å². The van der Waals surface area contributed by atoms with E-state index in [4.69, 9.17) is 0 Å². The number of aliphatic hydroxyl groups is 1. The molecule has 0 aliphatic rings. The molecule has 1 aromatic carbocycles. The second kappa shape index (κ2) is 4.98. The van der Waals surface area contributed by atoms with Gasteiger partial charge in [0.2, 0.25) is 0 Å². The fourth-order valence-corrected chi connectivity index (χ4v) is 1.93. The average Bonchev–Trinajstić information content (AvgIpc) is 2.68. The molecule has 0 saturated carbocycles. The maximum Gasteiger partial charge on any atom is 0.0856 e. The first-order valence-corrected chi connectivity index (χ1v) is 6.15. The van der Waals surface area contributed by atoms with Crippen LogP contribution in [0.15, 0.2) is 28.9 Å². The van der Waals surface area contributed by atoms with Crippen LogP contribution in [-0.4, -0.2) is 20.1 Å². The van der Waals surface area contributed by atoms with E-state index in [0.717, 1.165) is 21.3 Å². The molecular weight excluding hydrogens is 282 g/mol. The molecule has 0 amide bonds. The molecule has 0 bridgehead atoms. The number of aryl methyl sites for hydroxylation is 2. The Morgan fingerprint density at radius 1 is 1.47 bits per heavy atom. The van der Waals surface area contributed by atoms with E-state index < -0.39 is 6.10 Å². The zero-order valence-corrected chi connectivity index (χ0v) is 11.3. The van der Waals surface area contributed by atoms with Crippen LogP contribution in [0.1, 0.15) is 22.9 Å². The van der Waals surface area contributed by atoms with E-state index in [1.54, 1.807) is 4.68 Å². The van der Waals surface area contributed by atoms with Crippen molar-refractivity contribution in [2.45, 2.75) is 19.4 Å². The summed E-state index contributed by atoms with van der Waals surface area (Å²) in [4.78, 5) is 0. The van der Waals surface area contributed by atoms with Crippen LogP contribution in [0.25, 0.3) is 0 Å². The number of nitrogens with zero attached hydrogens (tertiary/aromatic N) is 3. The number of aromatic nitrogens is 3. The van der Waals surface area contributed by atoms with E-state index in [0.29, 0.717) is 6.42 Å². The Hall–Kier alpha value is -1.20.